The Bertz CT molecular complexity index is 1630. The van der Waals surface area contributed by atoms with Crippen LogP contribution in [0.4, 0.5) is 0 Å². The van der Waals surface area contributed by atoms with Crippen molar-refractivity contribution >= 4 is 23.3 Å². The minimum atomic E-state index is -0.953. The Kier molecular flexibility index (Phi) is 4.91. The molecule has 0 radical (unpaired) electrons. The standard InChI is InChI=1S/C33H32N2O3.ClH/c36-26-13-12-22-16-27-33(37)17-24-23-8-4-5-9-25(23)35(19-20-6-2-1-3-7-20)29(24)31-32(33,28(22)30(26)38-31)14-15-34(27)18-21-10-11-21;/h1-9,12-13,21,27,31,36-37H,10-11,14-19H2;1H/t27-,31+,32+,33-;/m1./s1. The Morgan fingerprint density at radius 2 is 1.77 bits per heavy atom. The Balaban J connectivity index is 0.00000235. The van der Waals surface area contributed by atoms with E-state index in [4.69, 9.17) is 4.74 Å². The molecule has 4 atom stereocenters. The highest BCUT2D eigenvalue weighted by molar-refractivity contribution is 5.87. The summed E-state index contributed by atoms with van der Waals surface area (Å²) in [5.74, 6) is 1.57. The molecule has 4 aromatic rings. The molecule has 6 heteroatoms. The molecule has 0 amide bonds. The first-order valence-electron chi connectivity index (χ1n) is 14.2. The van der Waals surface area contributed by atoms with Gasteiger partial charge in [0.05, 0.1) is 16.7 Å². The van der Waals surface area contributed by atoms with Crippen LogP contribution in [0.15, 0.2) is 66.7 Å². The average molecular weight is 541 g/mol. The molecule has 39 heavy (non-hydrogen) atoms. The number of phenols is 1. The number of aromatic nitrogens is 1. The summed E-state index contributed by atoms with van der Waals surface area (Å²) in [5.41, 5.74) is 5.63. The zero-order valence-electron chi connectivity index (χ0n) is 21.8. The van der Waals surface area contributed by atoms with Crippen LogP contribution < -0.4 is 4.74 Å². The molecular weight excluding hydrogens is 508 g/mol. The van der Waals surface area contributed by atoms with Crippen LogP contribution in [0, 0.1) is 5.92 Å². The van der Waals surface area contributed by atoms with E-state index in [2.05, 4.69) is 70.1 Å². The molecule has 2 N–H and O–H groups in total. The SMILES string of the molecule is Cl.Oc1ccc2c3c1O[C@H]1c4c(c5ccccc5n4Cc4ccccc4)C[C@@]4(O)[C@@H](C2)N(CC2CC2)CC[C@]314. The number of hydrogen-bond acceptors (Lipinski definition) is 4. The lowest BCUT2D eigenvalue weighted by molar-refractivity contribution is -0.173. The van der Waals surface area contributed by atoms with Gasteiger partial charge in [-0.1, -0.05) is 54.6 Å². The highest BCUT2D eigenvalue weighted by atomic mass is 35.5. The number of aliphatic hydroxyl groups is 1. The van der Waals surface area contributed by atoms with E-state index in [0.717, 1.165) is 44.0 Å². The van der Waals surface area contributed by atoms with Gasteiger partial charge in [-0.05, 0) is 67.0 Å². The van der Waals surface area contributed by atoms with Gasteiger partial charge in [0.2, 0.25) is 0 Å². The molecule has 0 unspecified atom stereocenters. The van der Waals surface area contributed by atoms with Crippen molar-refractivity contribution in [3.63, 3.8) is 0 Å². The lowest BCUT2D eigenvalue weighted by atomic mass is 9.49. The average Bonchev–Trinajstić information content (AvgIpc) is 3.61. The van der Waals surface area contributed by atoms with Crippen molar-refractivity contribution in [2.75, 3.05) is 13.1 Å². The first-order valence-corrected chi connectivity index (χ1v) is 14.2. The number of hydrogen-bond donors (Lipinski definition) is 2. The van der Waals surface area contributed by atoms with Crippen LogP contribution >= 0.6 is 12.4 Å². The number of para-hydroxylation sites is 1. The maximum absolute atomic E-state index is 13.1. The van der Waals surface area contributed by atoms with E-state index < -0.39 is 11.0 Å². The summed E-state index contributed by atoms with van der Waals surface area (Å²) in [6.45, 7) is 2.79. The molecule has 2 fully saturated rings. The molecule has 5 aliphatic rings. The first kappa shape index (κ1) is 23.9. The largest absolute Gasteiger partial charge is 0.504 e. The van der Waals surface area contributed by atoms with Crippen LogP contribution in [0.2, 0.25) is 0 Å². The maximum Gasteiger partial charge on any atom is 0.166 e. The van der Waals surface area contributed by atoms with Gasteiger partial charge in [0.15, 0.2) is 17.6 Å². The molecule has 1 aromatic heterocycles. The Morgan fingerprint density at radius 1 is 0.974 bits per heavy atom. The highest BCUT2D eigenvalue weighted by Crippen LogP contribution is 2.69. The molecule has 2 aliphatic heterocycles. The first-order chi connectivity index (χ1) is 18.6. The lowest BCUT2D eigenvalue weighted by Gasteiger charge is -2.63. The monoisotopic (exact) mass is 540 g/mol. The maximum atomic E-state index is 13.1. The third-order valence-corrected chi connectivity index (χ3v) is 10.5. The van der Waals surface area contributed by atoms with Gasteiger partial charge in [-0.2, -0.15) is 0 Å². The minimum Gasteiger partial charge on any atom is -0.504 e. The number of halogens is 1. The van der Waals surface area contributed by atoms with Crippen molar-refractivity contribution in [3.05, 3.63) is 94.7 Å². The van der Waals surface area contributed by atoms with Gasteiger partial charge in [-0.25, -0.2) is 0 Å². The number of fused-ring (bicyclic) bond motifs is 4. The van der Waals surface area contributed by atoms with Gasteiger partial charge < -0.3 is 19.5 Å². The van der Waals surface area contributed by atoms with E-state index in [1.165, 1.54) is 46.1 Å². The Labute approximate surface area is 234 Å². The van der Waals surface area contributed by atoms with E-state index in [1.807, 2.05) is 0 Å². The fourth-order valence-electron chi connectivity index (χ4n) is 8.74. The molecular formula is C33H33ClN2O3. The van der Waals surface area contributed by atoms with Crippen molar-refractivity contribution in [1.82, 2.24) is 9.47 Å². The van der Waals surface area contributed by atoms with Crippen molar-refractivity contribution in [2.45, 2.75) is 61.8 Å². The second-order valence-electron chi connectivity index (χ2n) is 12.4. The summed E-state index contributed by atoms with van der Waals surface area (Å²) < 4.78 is 9.32. The molecule has 3 aliphatic carbocycles. The predicted molar refractivity (Wildman–Crippen MR) is 153 cm³/mol. The lowest BCUT2D eigenvalue weighted by Crippen LogP contribution is -2.74. The van der Waals surface area contributed by atoms with E-state index in [9.17, 15) is 10.2 Å². The molecule has 200 valence electrons. The highest BCUT2D eigenvalue weighted by Gasteiger charge is 2.73. The fraction of sp³-hybridized carbons (Fsp3) is 0.394. The van der Waals surface area contributed by atoms with E-state index in [-0.39, 0.29) is 30.3 Å². The number of likely N-dealkylation sites (tertiary alicyclic amines) is 1. The molecule has 1 saturated heterocycles. The molecule has 9 rings (SSSR count). The number of benzene rings is 3. The fourth-order valence-corrected chi connectivity index (χ4v) is 8.74. The molecule has 1 spiro atoms. The van der Waals surface area contributed by atoms with Crippen LogP contribution in [0.25, 0.3) is 10.9 Å². The summed E-state index contributed by atoms with van der Waals surface area (Å²) in [4.78, 5) is 2.60. The van der Waals surface area contributed by atoms with Crippen LogP contribution in [-0.2, 0) is 24.8 Å². The third kappa shape index (κ3) is 2.93. The predicted octanol–water partition coefficient (Wildman–Crippen LogP) is 5.52. The number of phenolic OH excluding ortho intramolecular Hbond substituents is 1. The van der Waals surface area contributed by atoms with E-state index in [0.29, 0.717) is 12.2 Å². The molecule has 1 saturated carbocycles. The van der Waals surface area contributed by atoms with Gasteiger partial charge in [0, 0.05) is 42.0 Å². The number of rotatable bonds is 4. The Hall–Kier alpha value is -2.99. The van der Waals surface area contributed by atoms with Crippen molar-refractivity contribution < 1.29 is 14.9 Å². The number of aromatic hydroxyl groups is 1. The van der Waals surface area contributed by atoms with Crippen LogP contribution in [0.3, 0.4) is 0 Å². The number of piperidine rings is 1. The van der Waals surface area contributed by atoms with Crippen LogP contribution in [-0.4, -0.2) is 44.4 Å². The zero-order valence-corrected chi connectivity index (χ0v) is 22.7. The topological polar surface area (TPSA) is 57.9 Å². The minimum absolute atomic E-state index is 0. The third-order valence-electron chi connectivity index (χ3n) is 10.5. The van der Waals surface area contributed by atoms with Gasteiger partial charge in [0.1, 0.15) is 0 Å². The number of nitrogens with zero attached hydrogens (tertiary/aromatic N) is 2. The Morgan fingerprint density at radius 3 is 2.59 bits per heavy atom. The molecule has 5 nitrogen and oxygen atoms in total. The quantitative estimate of drug-likeness (QED) is 0.358. The number of ether oxygens (including phenoxy) is 1. The van der Waals surface area contributed by atoms with Crippen LogP contribution in [0.1, 0.15) is 53.3 Å². The van der Waals surface area contributed by atoms with Crippen LogP contribution in [0.5, 0.6) is 11.5 Å². The van der Waals surface area contributed by atoms with Gasteiger partial charge in [-0.3, -0.25) is 4.90 Å². The molecule has 3 heterocycles. The second-order valence-corrected chi connectivity index (χ2v) is 12.4. The van der Waals surface area contributed by atoms with Gasteiger partial charge in [0.25, 0.3) is 0 Å². The summed E-state index contributed by atoms with van der Waals surface area (Å²) in [5, 5.41) is 25.3. The van der Waals surface area contributed by atoms with Crippen molar-refractivity contribution in [3.8, 4) is 11.5 Å². The van der Waals surface area contributed by atoms with E-state index in [1.54, 1.807) is 6.07 Å². The van der Waals surface area contributed by atoms with Crippen molar-refractivity contribution in [2.24, 2.45) is 5.92 Å². The second kappa shape index (κ2) is 8.03. The smallest absolute Gasteiger partial charge is 0.166 e. The van der Waals surface area contributed by atoms with Crippen molar-refractivity contribution in [1.29, 1.82) is 0 Å². The normalized spacial score (nSPS) is 29.9. The summed E-state index contributed by atoms with van der Waals surface area (Å²) in [6, 6.07) is 23.2. The molecule has 2 bridgehead atoms. The summed E-state index contributed by atoms with van der Waals surface area (Å²) in [6.07, 6.45) is 4.55. The summed E-state index contributed by atoms with van der Waals surface area (Å²) in [7, 11) is 0. The summed E-state index contributed by atoms with van der Waals surface area (Å²) >= 11 is 0. The van der Waals surface area contributed by atoms with E-state index >= 15 is 0 Å². The van der Waals surface area contributed by atoms with Gasteiger partial charge >= 0.3 is 0 Å². The molecule has 3 aromatic carbocycles. The van der Waals surface area contributed by atoms with Gasteiger partial charge in [-0.15, -0.1) is 12.4 Å². The zero-order chi connectivity index (χ0) is 25.2.